The van der Waals surface area contributed by atoms with Crippen LogP contribution in [-0.2, 0) is 0 Å². The molecular formula is C20H42O2. The van der Waals surface area contributed by atoms with Crippen LogP contribution in [0.3, 0.4) is 0 Å². The molecular weight excluding hydrogens is 272 g/mol. The summed E-state index contributed by atoms with van der Waals surface area (Å²) in [6, 6.07) is 0. The average molecular weight is 315 g/mol. The van der Waals surface area contributed by atoms with Crippen LogP contribution in [0.5, 0.6) is 0 Å². The van der Waals surface area contributed by atoms with E-state index >= 15 is 0 Å². The summed E-state index contributed by atoms with van der Waals surface area (Å²) < 4.78 is 0. The monoisotopic (exact) mass is 314 g/mol. The Morgan fingerprint density at radius 2 is 1.05 bits per heavy atom. The highest BCUT2D eigenvalue weighted by Crippen LogP contribution is 2.23. The maximum absolute atomic E-state index is 10.5. The molecule has 0 bridgehead atoms. The minimum Gasteiger partial charge on any atom is -0.396 e. The minimum absolute atomic E-state index is 0.149. The molecule has 0 aromatic heterocycles. The molecule has 0 aliphatic carbocycles. The molecule has 0 heterocycles. The quantitative estimate of drug-likeness (QED) is 0.331. The molecule has 2 N–H and O–H groups in total. The van der Waals surface area contributed by atoms with Gasteiger partial charge in [-0.15, -0.1) is 0 Å². The Bertz CT molecular complexity index is 206. The van der Waals surface area contributed by atoms with Crippen molar-refractivity contribution >= 4 is 0 Å². The van der Waals surface area contributed by atoms with Crippen molar-refractivity contribution in [2.75, 3.05) is 6.61 Å². The summed E-state index contributed by atoms with van der Waals surface area (Å²) in [6.07, 6.45) is 18.0. The van der Waals surface area contributed by atoms with Gasteiger partial charge >= 0.3 is 0 Å². The van der Waals surface area contributed by atoms with Crippen molar-refractivity contribution in [3.05, 3.63) is 0 Å². The van der Waals surface area contributed by atoms with Gasteiger partial charge in [0.15, 0.2) is 0 Å². The summed E-state index contributed by atoms with van der Waals surface area (Å²) >= 11 is 0. The van der Waals surface area contributed by atoms with Crippen LogP contribution >= 0.6 is 0 Å². The SMILES string of the molecule is CCCCCCCCC(O)C(CCCO)CCCCCCC. The lowest BCUT2D eigenvalue weighted by Gasteiger charge is -2.23. The zero-order chi connectivity index (χ0) is 16.5. The van der Waals surface area contributed by atoms with Crippen LogP contribution in [-0.4, -0.2) is 22.9 Å². The molecule has 2 nitrogen and oxygen atoms in total. The van der Waals surface area contributed by atoms with E-state index in [9.17, 15) is 5.11 Å². The molecule has 134 valence electrons. The first-order chi connectivity index (χ1) is 10.8. The van der Waals surface area contributed by atoms with E-state index in [1.54, 1.807) is 0 Å². The van der Waals surface area contributed by atoms with Gasteiger partial charge in [-0.05, 0) is 31.6 Å². The summed E-state index contributed by atoms with van der Waals surface area (Å²) in [6.45, 7) is 4.75. The Kier molecular flexibility index (Phi) is 17.2. The van der Waals surface area contributed by atoms with Crippen LogP contribution < -0.4 is 0 Å². The fraction of sp³-hybridized carbons (Fsp3) is 1.00. The van der Waals surface area contributed by atoms with Crippen LogP contribution in [0.4, 0.5) is 0 Å². The van der Waals surface area contributed by atoms with Crippen molar-refractivity contribution in [3.8, 4) is 0 Å². The first-order valence-electron chi connectivity index (χ1n) is 10.0. The van der Waals surface area contributed by atoms with Gasteiger partial charge in [-0.2, -0.15) is 0 Å². The standard InChI is InChI=1S/C20H42O2/c1-3-5-7-9-11-13-17-20(22)19(16-14-18-21)15-12-10-8-6-4-2/h19-22H,3-18H2,1-2H3. The molecule has 0 saturated carbocycles. The van der Waals surface area contributed by atoms with E-state index in [2.05, 4.69) is 13.8 Å². The Morgan fingerprint density at radius 1 is 0.591 bits per heavy atom. The lowest BCUT2D eigenvalue weighted by Crippen LogP contribution is -2.21. The van der Waals surface area contributed by atoms with Crippen LogP contribution in [0.15, 0.2) is 0 Å². The number of rotatable bonds is 17. The Morgan fingerprint density at radius 3 is 1.59 bits per heavy atom. The Hall–Kier alpha value is -0.0800. The van der Waals surface area contributed by atoms with Crippen LogP contribution in [0.1, 0.15) is 110 Å². The third-order valence-electron chi connectivity index (χ3n) is 4.81. The van der Waals surface area contributed by atoms with Gasteiger partial charge < -0.3 is 10.2 Å². The molecule has 0 fully saturated rings. The summed E-state index contributed by atoms with van der Waals surface area (Å²) in [7, 11) is 0. The molecule has 2 unspecified atom stereocenters. The topological polar surface area (TPSA) is 40.5 Å². The molecule has 0 spiro atoms. The molecule has 0 saturated heterocycles. The second-order valence-corrected chi connectivity index (χ2v) is 6.95. The Labute approximate surface area is 139 Å². The van der Waals surface area contributed by atoms with Gasteiger partial charge in [0.1, 0.15) is 0 Å². The van der Waals surface area contributed by atoms with Crippen molar-refractivity contribution in [1.82, 2.24) is 0 Å². The molecule has 0 amide bonds. The second-order valence-electron chi connectivity index (χ2n) is 6.95. The first-order valence-corrected chi connectivity index (χ1v) is 10.0. The minimum atomic E-state index is -0.149. The van der Waals surface area contributed by atoms with Gasteiger partial charge in [-0.3, -0.25) is 0 Å². The van der Waals surface area contributed by atoms with Crippen LogP contribution in [0, 0.1) is 5.92 Å². The molecule has 2 heteroatoms. The zero-order valence-corrected chi connectivity index (χ0v) is 15.4. The molecule has 0 aromatic rings. The van der Waals surface area contributed by atoms with Crippen molar-refractivity contribution < 1.29 is 10.2 Å². The predicted molar refractivity (Wildman–Crippen MR) is 97.2 cm³/mol. The van der Waals surface area contributed by atoms with E-state index in [4.69, 9.17) is 5.11 Å². The fourth-order valence-electron chi connectivity index (χ4n) is 3.26. The number of unbranched alkanes of at least 4 members (excludes halogenated alkanes) is 9. The van der Waals surface area contributed by atoms with Crippen LogP contribution in [0.2, 0.25) is 0 Å². The smallest absolute Gasteiger partial charge is 0.0568 e. The van der Waals surface area contributed by atoms with Crippen molar-refractivity contribution in [2.45, 2.75) is 116 Å². The largest absolute Gasteiger partial charge is 0.396 e. The molecule has 22 heavy (non-hydrogen) atoms. The van der Waals surface area contributed by atoms with Gasteiger partial charge in [-0.1, -0.05) is 84.5 Å². The van der Waals surface area contributed by atoms with Gasteiger partial charge in [-0.25, -0.2) is 0 Å². The number of hydrogen-bond donors (Lipinski definition) is 2. The Balaban J connectivity index is 3.81. The molecule has 0 radical (unpaired) electrons. The summed E-state index contributed by atoms with van der Waals surface area (Å²) in [5, 5.41) is 19.5. The molecule has 2 atom stereocenters. The third-order valence-corrected chi connectivity index (χ3v) is 4.81. The zero-order valence-electron chi connectivity index (χ0n) is 15.4. The van der Waals surface area contributed by atoms with Crippen molar-refractivity contribution in [2.24, 2.45) is 5.92 Å². The van der Waals surface area contributed by atoms with E-state index in [1.807, 2.05) is 0 Å². The number of hydrogen-bond acceptors (Lipinski definition) is 2. The normalized spacial score (nSPS) is 14.2. The summed E-state index contributed by atoms with van der Waals surface area (Å²) in [5.74, 6) is 0.407. The summed E-state index contributed by atoms with van der Waals surface area (Å²) in [5.41, 5.74) is 0. The molecule has 0 rings (SSSR count). The molecule has 0 aliphatic rings. The van der Waals surface area contributed by atoms with E-state index in [1.165, 1.54) is 64.2 Å². The number of aliphatic hydroxyl groups excluding tert-OH is 2. The van der Waals surface area contributed by atoms with E-state index in [0.29, 0.717) is 5.92 Å². The maximum atomic E-state index is 10.5. The fourth-order valence-corrected chi connectivity index (χ4v) is 3.26. The van der Waals surface area contributed by atoms with Crippen LogP contribution in [0.25, 0.3) is 0 Å². The van der Waals surface area contributed by atoms with Gasteiger partial charge in [0.25, 0.3) is 0 Å². The highest BCUT2D eigenvalue weighted by Gasteiger charge is 2.18. The van der Waals surface area contributed by atoms with E-state index in [-0.39, 0.29) is 12.7 Å². The molecule has 0 aromatic carbocycles. The number of aliphatic hydroxyl groups is 2. The van der Waals surface area contributed by atoms with E-state index in [0.717, 1.165) is 32.1 Å². The lowest BCUT2D eigenvalue weighted by molar-refractivity contribution is 0.0801. The predicted octanol–water partition coefficient (Wildman–Crippen LogP) is 5.85. The van der Waals surface area contributed by atoms with E-state index < -0.39 is 0 Å². The van der Waals surface area contributed by atoms with Crippen molar-refractivity contribution in [1.29, 1.82) is 0 Å². The van der Waals surface area contributed by atoms with Gasteiger partial charge in [0.2, 0.25) is 0 Å². The average Bonchev–Trinajstić information content (AvgIpc) is 2.53. The highest BCUT2D eigenvalue weighted by atomic mass is 16.3. The summed E-state index contributed by atoms with van der Waals surface area (Å²) in [4.78, 5) is 0. The van der Waals surface area contributed by atoms with Gasteiger partial charge in [0, 0.05) is 6.61 Å². The second kappa shape index (κ2) is 17.3. The van der Waals surface area contributed by atoms with Crippen molar-refractivity contribution in [3.63, 3.8) is 0 Å². The third kappa shape index (κ3) is 13.6. The lowest BCUT2D eigenvalue weighted by atomic mass is 9.88. The van der Waals surface area contributed by atoms with Gasteiger partial charge in [0.05, 0.1) is 6.10 Å². The highest BCUT2D eigenvalue weighted by molar-refractivity contribution is 4.70. The maximum Gasteiger partial charge on any atom is 0.0568 e. The first kappa shape index (κ1) is 21.9. The molecule has 0 aliphatic heterocycles.